The lowest BCUT2D eigenvalue weighted by Crippen LogP contribution is -2.56. The number of benzene rings is 2. The second kappa shape index (κ2) is 6.80. The molecule has 0 fully saturated rings. The Morgan fingerprint density at radius 3 is 2.50 bits per heavy atom. The standard InChI is InChI=1S/C19H17ClN2O4/c1-11(18(25)26)19(22-17(24)12-6-8-13(20)9-7-12)10-16(23)21-15-5-3-2-4-14(15)19/h2-9,11H,10H2,1H3,(H,21,23)(H,22,24)(H,25,26). The van der Waals surface area contributed by atoms with Crippen LogP contribution in [0.1, 0.15) is 29.3 Å². The smallest absolute Gasteiger partial charge is 0.308 e. The van der Waals surface area contributed by atoms with E-state index in [1.54, 1.807) is 48.5 Å². The average molecular weight is 373 g/mol. The molecule has 1 aliphatic heterocycles. The van der Waals surface area contributed by atoms with Gasteiger partial charge in [-0.15, -0.1) is 0 Å². The summed E-state index contributed by atoms with van der Waals surface area (Å²) in [6, 6.07) is 13.1. The Morgan fingerprint density at radius 2 is 1.85 bits per heavy atom. The van der Waals surface area contributed by atoms with Crippen molar-refractivity contribution in [3.05, 3.63) is 64.7 Å². The van der Waals surface area contributed by atoms with Gasteiger partial charge in [-0.25, -0.2) is 0 Å². The van der Waals surface area contributed by atoms with E-state index in [1.165, 1.54) is 6.92 Å². The van der Waals surface area contributed by atoms with Crippen molar-refractivity contribution in [1.82, 2.24) is 5.32 Å². The van der Waals surface area contributed by atoms with Gasteiger partial charge in [-0.1, -0.05) is 29.8 Å². The highest BCUT2D eigenvalue weighted by Crippen LogP contribution is 2.41. The zero-order valence-electron chi connectivity index (χ0n) is 14.0. The fraction of sp³-hybridized carbons (Fsp3) is 0.211. The Labute approximate surface area is 155 Å². The van der Waals surface area contributed by atoms with Crippen LogP contribution in [0.4, 0.5) is 5.69 Å². The van der Waals surface area contributed by atoms with Gasteiger partial charge in [0, 0.05) is 21.8 Å². The number of para-hydroxylation sites is 1. The van der Waals surface area contributed by atoms with Crippen molar-refractivity contribution < 1.29 is 19.5 Å². The number of anilines is 1. The summed E-state index contributed by atoms with van der Waals surface area (Å²) in [5.41, 5.74) is 0.0291. The Balaban J connectivity index is 2.09. The maximum atomic E-state index is 12.8. The third kappa shape index (κ3) is 3.15. The van der Waals surface area contributed by atoms with Gasteiger partial charge < -0.3 is 15.7 Å². The fourth-order valence-electron chi connectivity index (χ4n) is 3.22. The van der Waals surface area contributed by atoms with Gasteiger partial charge in [-0.05, 0) is 37.3 Å². The first-order valence-electron chi connectivity index (χ1n) is 8.04. The molecule has 3 N–H and O–H groups in total. The Morgan fingerprint density at radius 1 is 1.19 bits per heavy atom. The molecule has 0 bridgehead atoms. The second-order valence-corrected chi connectivity index (χ2v) is 6.70. The maximum Gasteiger partial charge on any atom is 0.308 e. The number of amides is 2. The number of carboxylic acids is 1. The summed E-state index contributed by atoms with van der Waals surface area (Å²) in [6.45, 7) is 1.49. The normalized spacial score (nSPS) is 19.8. The predicted octanol–water partition coefficient (Wildman–Crippen LogP) is 3.03. The van der Waals surface area contributed by atoms with E-state index in [4.69, 9.17) is 11.6 Å². The fourth-order valence-corrected chi connectivity index (χ4v) is 3.34. The highest BCUT2D eigenvalue weighted by molar-refractivity contribution is 6.30. The summed E-state index contributed by atoms with van der Waals surface area (Å²) in [7, 11) is 0. The molecule has 0 saturated heterocycles. The molecule has 134 valence electrons. The first kappa shape index (κ1) is 17.9. The van der Waals surface area contributed by atoms with E-state index in [1.807, 2.05) is 0 Å². The van der Waals surface area contributed by atoms with Gasteiger partial charge in [0.1, 0.15) is 0 Å². The number of nitrogens with one attached hydrogen (secondary N) is 2. The summed E-state index contributed by atoms with van der Waals surface area (Å²) >= 11 is 5.85. The minimum absolute atomic E-state index is 0.170. The predicted molar refractivity (Wildman–Crippen MR) is 97.1 cm³/mol. The number of carbonyl (C=O) groups is 3. The van der Waals surface area contributed by atoms with Gasteiger partial charge in [0.15, 0.2) is 0 Å². The monoisotopic (exact) mass is 372 g/mol. The lowest BCUT2D eigenvalue weighted by atomic mass is 9.73. The van der Waals surface area contributed by atoms with Gasteiger partial charge in [-0.2, -0.15) is 0 Å². The maximum absolute atomic E-state index is 12.8. The Kier molecular flexibility index (Phi) is 4.70. The summed E-state index contributed by atoms with van der Waals surface area (Å²) in [4.78, 5) is 36.8. The van der Waals surface area contributed by atoms with Crippen LogP contribution in [0.3, 0.4) is 0 Å². The number of hydrogen-bond donors (Lipinski definition) is 3. The van der Waals surface area contributed by atoms with Crippen LogP contribution in [-0.4, -0.2) is 22.9 Å². The number of carboxylic acid groups (broad SMARTS) is 1. The molecule has 3 rings (SSSR count). The van der Waals surface area contributed by atoms with Crippen molar-refractivity contribution in [3.8, 4) is 0 Å². The number of fused-ring (bicyclic) bond motifs is 1. The van der Waals surface area contributed by atoms with Crippen LogP contribution in [-0.2, 0) is 15.1 Å². The molecule has 0 radical (unpaired) electrons. The summed E-state index contributed by atoms with van der Waals surface area (Å²) in [5, 5.41) is 15.7. The van der Waals surface area contributed by atoms with Crippen molar-refractivity contribution in [1.29, 1.82) is 0 Å². The van der Waals surface area contributed by atoms with Gasteiger partial charge in [0.25, 0.3) is 5.91 Å². The molecule has 0 aromatic heterocycles. The zero-order chi connectivity index (χ0) is 18.9. The van der Waals surface area contributed by atoms with Crippen molar-refractivity contribution >= 4 is 35.1 Å². The van der Waals surface area contributed by atoms with Crippen LogP contribution in [0.15, 0.2) is 48.5 Å². The summed E-state index contributed by atoms with van der Waals surface area (Å²) in [6.07, 6.45) is -0.170. The van der Waals surface area contributed by atoms with Crippen molar-refractivity contribution in [3.63, 3.8) is 0 Å². The van der Waals surface area contributed by atoms with Crippen LogP contribution in [0.5, 0.6) is 0 Å². The van der Waals surface area contributed by atoms with Crippen LogP contribution in [0, 0.1) is 5.92 Å². The summed E-state index contributed by atoms with van der Waals surface area (Å²) < 4.78 is 0. The lowest BCUT2D eigenvalue weighted by Gasteiger charge is -2.42. The molecular weight excluding hydrogens is 356 g/mol. The van der Waals surface area contributed by atoms with Crippen LogP contribution in [0.25, 0.3) is 0 Å². The highest BCUT2D eigenvalue weighted by Gasteiger charge is 2.48. The first-order valence-corrected chi connectivity index (χ1v) is 8.41. The largest absolute Gasteiger partial charge is 0.481 e. The van der Waals surface area contributed by atoms with E-state index in [0.29, 0.717) is 21.8 Å². The molecule has 7 heteroatoms. The van der Waals surface area contributed by atoms with Gasteiger partial charge >= 0.3 is 5.97 Å². The van der Waals surface area contributed by atoms with Gasteiger partial charge in [-0.3, -0.25) is 14.4 Å². The molecule has 0 saturated carbocycles. The quantitative estimate of drug-likeness (QED) is 0.768. The third-order valence-electron chi connectivity index (χ3n) is 4.67. The average Bonchev–Trinajstić information content (AvgIpc) is 2.61. The molecule has 2 aromatic rings. The Bertz CT molecular complexity index is 881. The SMILES string of the molecule is CC(C(=O)O)C1(NC(=O)c2ccc(Cl)cc2)CC(=O)Nc2ccccc21. The number of hydrogen-bond acceptors (Lipinski definition) is 3. The molecule has 0 spiro atoms. The Hall–Kier alpha value is -2.86. The molecule has 26 heavy (non-hydrogen) atoms. The van der Waals surface area contributed by atoms with Gasteiger partial charge in [0.2, 0.25) is 5.91 Å². The number of halogens is 1. The zero-order valence-corrected chi connectivity index (χ0v) is 14.7. The van der Waals surface area contributed by atoms with Crippen molar-refractivity contribution in [2.45, 2.75) is 18.9 Å². The highest BCUT2D eigenvalue weighted by atomic mass is 35.5. The molecule has 1 aliphatic rings. The molecule has 2 atom stereocenters. The molecule has 2 amide bonds. The third-order valence-corrected chi connectivity index (χ3v) is 4.93. The number of rotatable bonds is 4. The van der Waals surface area contributed by atoms with E-state index < -0.39 is 23.3 Å². The van der Waals surface area contributed by atoms with E-state index in [0.717, 1.165) is 0 Å². The second-order valence-electron chi connectivity index (χ2n) is 6.26. The molecule has 1 heterocycles. The first-order chi connectivity index (χ1) is 12.3. The molecule has 2 unspecified atom stereocenters. The van der Waals surface area contributed by atoms with Crippen molar-refractivity contribution in [2.75, 3.05) is 5.32 Å². The van der Waals surface area contributed by atoms with E-state index in [-0.39, 0.29) is 12.3 Å². The number of carbonyl (C=O) groups excluding carboxylic acids is 2. The van der Waals surface area contributed by atoms with Crippen molar-refractivity contribution in [2.24, 2.45) is 5.92 Å². The molecule has 6 nitrogen and oxygen atoms in total. The van der Waals surface area contributed by atoms with E-state index in [9.17, 15) is 19.5 Å². The van der Waals surface area contributed by atoms with Crippen LogP contribution in [0.2, 0.25) is 5.02 Å². The minimum atomic E-state index is -1.36. The molecule has 2 aromatic carbocycles. The van der Waals surface area contributed by atoms with E-state index >= 15 is 0 Å². The van der Waals surface area contributed by atoms with Crippen LogP contribution < -0.4 is 10.6 Å². The van der Waals surface area contributed by atoms with Gasteiger partial charge in [0.05, 0.1) is 17.9 Å². The summed E-state index contributed by atoms with van der Waals surface area (Å²) in [5.74, 6) is -2.95. The number of aliphatic carboxylic acids is 1. The topological polar surface area (TPSA) is 95.5 Å². The molecule has 0 aliphatic carbocycles. The lowest BCUT2D eigenvalue weighted by molar-refractivity contribution is -0.144. The van der Waals surface area contributed by atoms with Crippen LogP contribution >= 0.6 is 11.6 Å². The van der Waals surface area contributed by atoms with E-state index in [2.05, 4.69) is 10.6 Å². The minimum Gasteiger partial charge on any atom is -0.481 e. The molecular formula is C19H17ClN2O4.